The summed E-state index contributed by atoms with van der Waals surface area (Å²) < 4.78 is 10.7. The Labute approximate surface area is 205 Å². The molecule has 0 unspecified atom stereocenters. The molecule has 2 saturated heterocycles. The van der Waals surface area contributed by atoms with E-state index in [1.54, 1.807) is 12.2 Å². The van der Waals surface area contributed by atoms with E-state index in [0.717, 1.165) is 78.5 Å². The van der Waals surface area contributed by atoms with E-state index in [-0.39, 0.29) is 22.8 Å². The number of rotatable bonds is 12. The smallest absolute Gasteiger partial charge is 0.251 e. The zero-order chi connectivity index (χ0) is 24.8. The number of nitrogens with one attached hydrogen (secondary N) is 2. The molecule has 0 bridgehead atoms. The molecule has 2 N–H and O–H groups in total. The Morgan fingerprint density at radius 2 is 1.32 bits per heavy atom. The summed E-state index contributed by atoms with van der Waals surface area (Å²) in [5.41, 5.74) is 0.636. The van der Waals surface area contributed by atoms with Gasteiger partial charge in [0, 0.05) is 50.4 Å². The number of hydrogen-bond acceptors (Lipinski definition) is 6. The van der Waals surface area contributed by atoms with E-state index < -0.39 is 0 Å². The molecule has 192 valence electrons. The Morgan fingerprint density at radius 1 is 0.853 bits per heavy atom. The average Bonchev–Trinajstić information content (AvgIpc) is 2.82. The van der Waals surface area contributed by atoms with Gasteiger partial charge in [0.2, 0.25) is 0 Å². The molecule has 0 aliphatic carbocycles. The summed E-state index contributed by atoms with van der Waals surface area (Å²) in [6.07, 6.45) is 7.07. The first-order valence-electron chi connectivity index (χ1n) is 12.5. The molecule has 2 fully saturated rings. The summed E-state index contributed by atoms with van der Waals surface area (Å²) in [6.45, 7) is 20.0. The molecular weight excluding hydrogens is 432 g/mol. The zero-order valence-corrected chi connectivity index (χ0v) is 21.4. The highest BCUT2D eigenvalue weighted by Gasteiger charge is 2.14. The van der Waals surface area contributed by atoms with Gasteiger partial charge in [-0.15, -0.1) is 0 Å². The van der Waals surface area contributed by atoms with Crippen LogP contribution in [0.15, 0.2) is 36.0 Å². The fourth-order valence-electron chi connectivity index (χ4n) is 3.66. The van der Waals surface area contributed by atoms with Gasteiger partial charge in [-0.25, -0.2) is 0 Å². The van der Waals surface area contributed by atoms with Crippen molar-refractivity contribution in [2.75, 3.05) is 78.8 Å². The molecule has 2 amide bonds. The number of ether oxygens (including phenoxy) is 2. The minimum Gasteiger partial charge on any atom is -0.379 e. The average molecular weight is 477 g/mol. The molecule has 2 aliphatic rings. The lowest BCUT2D eigenvalue weighted by Crippen LogP contribution is -2.38. The standard InChI is InChI=1S/C26H44N4O4/c1-22(24(31)27-9-5-11-29-13-17-33-18-14-29)21-23(7-8-26(2,3)4)25(32)28-10-6-12-30-15-19-34-20-16-30/h7-8,21H,1,5-6,9-20H2,2-4H3,(H,27,31)(H,28,32)/b8-7+,23-21+. The number of morpholine rings is 2. The predicted octanol–water partition coefficient (Wildman–Crippen LogP) is 1.75. The summed E-state index contributed by atoms with van der Waals surface area (Å²) in [5.74, 6) is -0.438. The maximum absolute atomic E-state index is 12.9. The molecular formula is C26H44N4O4. The van der Waals surface area contributed by atoms with E-state index in [2.05, 4.69) is 47.8 Å². The van der Waals surface area contributed by atoms with Crippen LogP contribution in [0.25, 0.3) is 0 Å². The van der Waals surface area contributed by atoms with Crippen LogP contribution < -0.4 is 10.6 Å². The Balaban J connectivity index is 1.82. The van der Waals surface area contributed by atoms with E-state index in [9.17, 15) is 9.59 Å². The number of nitrogens with zero attached hydrogens (tertiary/aromatic N) is 2. The predicted molar refractivity (Wildman–Crippen MR) is 136 cm³/mol. The summed E-state index contributed by atoms with van der Waals surface area (Å²) in [6, 6.07) is 0. The van der Waals surface area contributed by atoms with Crippen LogP contribution in [-0.2, 0) is 19.1 Å². The third kappa shape index (κ3) is 11.9. The summed E-state index contributed by atoms with van der Waals surface area (Å²) in [5, 5.41) is 5.90. The Morgan fingerprint density at radius 3 is 1.79 bits per heavy atom. The zero-order valence-electron chi connectivity index (χ0n) is 21.4. The van der Waals surface area contributed by atoms with E-state index >= 15 is 0 Å². The topological polar surface area (TPSA) is 83.1 Å². The number of carbonyl (C=O) groups excluding carboxylic acids is 2. The van der Waals surface area contributed by atoms with Crippen molar-refractivity contribution in [1.29, 1.82) is 0 Å². The van der Waals surface area contributed by atoms with Crippen molar-refractivity contribution in [3.05, 3.63) is 36.0 Å². The van der Waals surface area contributed by atoms with Gasteiger partial charge in [0.25, 0.3) is 11.8 Å². The fraction of sp³-hybridized carbons (Fsp3) is 0.692. The quantitative estimate of drug-likeness (QED) is 0.254. The molecule has 0 spiro atoms. The molecule has 8 nitrogen and oxygen atoms in total. The van der Waals surface area contributed by atoms with Crippen LogP contribution >= 0.6 is 0 Å². The van der Waals surface area contributed by atoms with Gasteiger partial charge in [-0.05, 0) is 37.4 Å². The maximum Gasteiger partial charge on any atom is 0.251 e. The molecule has 0 aromatic heterocycles. The fourth-order valence-corrected chi connectivity index (χ4v) is 3.66. The van der Waals surface area contributed by atoms with E-state index in [4.69, 9.17) is 9.47 Å². The number of carbonyl (C=O) groups is 2. The first-order valence-corrected chi connectivity index (χ1v) is 12.5. The molecule has 2 aliphatic heterocycles. The largest absolute Gasteiger partial charge is 0.379 e. The maximum atomic E-state index is 12.9. The van der Waals surface area contributed by atoms with Crippen molar-refractivity contribution in [2.24, 2.45) is 5.41 Å². The summed E-state index contributed by atoms with van der Waals surface area (Å²) >= 11 is 0. The first kappa shape index (κ1) is 28.2. The Kier molecular flexibility index (Phi) is 12.5. The van der Waals surface area contributed by atoms with Crippen molar-refractivity contribution >= 4 is 11.8 Å². The Bertz CT molecular complexity index is 715. The van der Waals surface area contributed by atoms with Crippen molar-refractivity contribution in [3.63, 3.8) is 0 Å². The van der Waals surface area contributed by atoms with Crippen LogP contribution in [0, 0.1) is 5.41 Å². The molecule has 0 aromatic rings. The van der Waals surface area contributed by atoms with Gasteiger partial charge in [0.15, 0.2) is 0 Å². The van der Waals surface area contributed by atoms with Gasteiger partial charge in [0.05, 0.1) is 26.4 Å². The number of hydrogen-bond donors (Lipinski definition) is 2. The number of allylic oxidation sites excluding steroid dienone is 1. The molecule has 8 heteroatoms. The molecule has 0 aromatic carbocycles. The second-order valence-corrected chi connectivity index (χ2v) is 9.95. The minimum atomic E-state index is -0.247. The lowest BCUT2D eigenvalue weighted by molar-refractivity contribution is -0.117. The van der Waals surface area contributed by atoms with Crippen LogP contribution in [0.4, 0.5) is 0 Å². The van der Waals surface area contributed by atoms with Crippen LogP contribution in [0.2, 0.25) is 0 Å². The lowest BCUT2D eigenvalue weighted by Gasteiger charge is -2.26. The van der Waals surface area contributed by atoms with Gasteiger partial charge in [-0.2, -0.15) is 0 Å². The Hall–Kier alpha value is -2.00. The van der Waals surface area contributed by atoms with Gasteiger partial charge in [-0.1, -0.05) is 39.5 Å². The highest BCUT2D eigenvalue weighted by Crippen LogP contribution is 2.17. The second kappa shape index (κ2) is 15.1. The van der Waals surface area contributed by atoms with Crippen molar-refractivity contribution in [2.45, 2.75) is 33.6 Å². The van der Waals surface area contributed by atoms with Crippen LogP contribution in [-0.4, -0.2) is 100 Å². The lowest BCUT2D eigenvalue weighted by atomic mass is 9.95. The van der Waals surface area contributed by atoms with Crippen LogP contribution in [0.1, 0.15) is 33.6 Å². The minimum absolute atomic E-state index is 0.0845. The van der Waals surface area contributed by atoms with Crippen molar-refractivity contribution in [1.82, 2.24) is 20.4 Å². The van der Waals surface area contributed by atoms with Crippen LogP contribution in [0.3, 0.4) is 0 Å². The highest BCUT2D eigenvalue weighted by molar-refractivity contribution is 6.01. The number of amides is 2. The van der Waals surface area contributed by atoms with Gasteiger partial charge >= 0.3 is 0 Å². The summed E-state index contributed by atoms with van der Waals surface area (Å²) in [7, 11) is 0. The van der Waals surface area contributed by atoms with E-state index in [1.807, 2.05) is 6.08 Å². The summed E-state index contributed by atoms with van der Waals surface area (Å²) in [4.78, 5) is 30.1. The molecule has 2 heterocycles. The molecule has 0 radical (unpaired) electrons. The molecule has 0 saturated carbocycles. The van der Waals surface area contributed by atoms with Crippen LogP contribution in [0.5, 0.6) is 0 Å². The van der Waals surface area contributed by atoms with Gasteiger partial charge in [0.1, 0.15) is 0 Å². The molecule has 2 rings (SSSR count). The molecule has 34 heavy (non-hydrogen) atoms. The van der Waals surface area contributed by atoms with Gasteiger partial charge < -0.3 is 20.1 Å². The van der Waals surface area contributed by atoms with Crippen molar-refractivity contribution in [3.8, 4) is 0 Å². The van der Waals surface area contributed by atoms with E-state index in [1.165, 1.54) is 0 Å². The highest BCUT2D eigenvalue weighted by atomic mass is 16.5. The molecule has 0 atom stereocenters. The monoisotopic (exact) mass is 476 g/mol. The van der Waals surface area contributed by atoms with E-state index in [0.29, 0.717) is 18.7 Å². The first-order chi connectivity index (χ1) is 16.2. The third-order valence-corrected chi connectivity index (χ3v) is 5.73. The SMILES string of the molecule is C=C(/C=C(\C=C\C(C)(C)C)C(=O)NCCCN1CCOCC1)C(=O)NCCCN1CCOCC1. The van der Waals surface area contributed by atoms with Gasteiger partial charge in [-0.3, -0.25) is 19.4 Å². The van der Waals surface area contributed by atoms with Crippen molar-refractivity contribution < 1.29 is 19.1 Å². The second-order valence-electron chi connectivity index (χ2n) is 9.95. The normalized spacial score (nSPS) is 18.7. The third-order valence-electron chi connectivity index (χ3n) is 5.73.